The van der Waals surface area contributed by atoms with E-state index in [1.54, 1.807) is 12.1 Å². The van der Waals surface area contributed by atoms with E-state index in [-0.39, 0.29) is 18.4 Å². The van der Waals surface area contributed by atoms with Crippen LogP contribution in [-0.4, -0.2) is 31.1 Å². The Hall–Kier alpha value is -0.710. The lowest BCUT2D eigenvalue weighted by Gasteiger charge is -2.35. The minimum Gasteiger partial charge on any atom is -0.314 e. The molecule has 1 aliphatic rings. The van der Waals surface area contributed by atoms with Crippen molar-refractivity contribution in [3.8, 4) is 0 Å². The van der Waals surface area contributed by atoms with Gasteiger partial charge in [0, 0.05) is 37.8 Å². The second kappa shape index (κ2) is 9.34. The molecule has 1 heterocycles. The van der Waals surface area contributed by atoms with Gasteiger partial charge in [0.15, 0.2) is 11.6 Å². The van der Waals surface area contributed by atoms with Crippen molar-refractivity contribution in [2.45, 2.75) is 38.6 Å². The van der Waals surface area contributed by atoms with E-state index in [0.29, 0.717) is 5.56 Å². The maximum absolute atomic E-state index is 14.1. The third kappa shape index (κ3) is 4.90. The molecule has 0 bridgehead atoms. The molecule has 0 radical (unpaired) electrons. The van der Waals surface area contributed by atoms with Crippen molar-refractivity contribution in [3.63, 3.8) is 0 Å². The normalized spacial score (nSPS) is 17.3. The van der Waals surface area contributed by atoms with Gasteiger partial charge in [0.1, 0.15) is 0 Å². The van der Waals surface area contributed by atoms with Crippen molar-refractivity contribution < 1.29 is 8.78 Å². The summed E-state index contributed by atoms with van der Waals surface area (Å²) >= 11 is 0. The maximum Gasteiger partial charge on any atom is 0.163 e. The summed E-state index contributed by atoms with van der Waals surface area (Å²) in [6.45, 7) is 5.78. The van der Waals surface area contributed by atoms with Gasteiger partial charge in [-0.25, -0.2) is 8.78 Å². The fraction of sp³-hybridized carbons (Fsp3) is 0.625. The Morgan fingerprint density at radius 2 is 1.90 bits per heavy atom. The highest BCUT2D eigenvalue weighted by molar-refractivity contribution is 5.85. The number of benzene rings is 1. The molecule has 0 aliphatic carbocycles. The summed E-state index contributed by atoms with van der Waals surface area (Å²) in [5.41, 5.74) is 0.517. The second-order valence-corrected chi connectivity index (χ2v) is 5.44. The molecule has 1 N–H and O–H groups in total. The molecular weight excluding hydrogens is 294 g/mol. The van der Waals surface area contributed by atoms with Gasteiger partial charge in [-0.05, 0) is 12.5 Å². The molecule has 1 saturated heterocycles. The van der Waals surface area contributed by atoms with Crippen LogP contribution < -0.4 is 5.32 Å². The van der Waals surface area contributed by atoms with Gasteiger partial charge in [-0.15, -0.1) is 12.4 Å². The first kappa shape index (κ1) is 18.3. The van der Waals surface area contributed by atoms with Gasteiger partial charge in [-0.2, -0.15) is 0 Å². The van der Waals surface area contributed by atoms with Gasteiger partial charge < -0.3 is 5.32 Å². The van der Waals surface area contributed by atoms with Gasteiger partial charge in [0.2, 0.25) is 0 Å². The van der Waals surface area contributed by atoms with E-state index < -0.39 is 11.6 Å². The van der Waals surface area contributed by atoms with Crippen LogP contribution >= 0.6 is 12.4 Å². The Morgan fingerprint density at radius 3 is 2.57 bits per heavy atom. The van der Waals surface area contributed by atoms with E-state index in [1.165, 1.54) is 6.07 Å². The van der Waals surface area contributed by atoms with Crippen LogP contribution in [0.2, 0.25) is 0 Å². The molecule has 0 saturated carbocycles. The van der Waals surface area contributed by atoms with E-state index in [4.69, 9.17) is 0 Å². The monoisotopic (exact) mass is 318 g/mol. The Kier molecular flexibility index (Phi) is 8.15. The van der Waals surface area contributed by atoms with E-state index in [0.717, 1.165) is 51.9 Å². The van der Waals surface area contributed by atoms with Crippen molar-refractivity contribution in [2.75, 3.05) is 26.2 Å². The Morgan fingerprint density at radius 1 is 1.19 bits per heavy atom. The predicted octanol–water partition coefficient (Wildman–Crippen LogP) is 3.91. The molecule has 21 heavy (non-hydrogen) atoms. The first-order valence-electron chi connectivity index (χ1n) is 7.62. The summed E-state index contributed by atoms with van der Waals surface area (Å²) in [7, 11) is 0. The Balaban J connectivity index is 0.00000220. The fourth-order valence-electron chi connectivity index (χ4n) is 2.89. The molecule has 2 rings (SSSR count). The summed E-state index contributed by atoms with van der Waals surface area (Å²) in [4.78, 5) is 2.28. The van der Waals surface area contributed by atoms with Crippen molar-refractivity contribution in [1.82, 2.24) is 10.2 Å². The summed E-state index contributed by atoms with van der Waals surface area (Å²) in [6.07, 6.45) is 4.23. The highest BCUT2D eigenvalue weighted by atomic mass is 35.5. The third-order valence-electron chi connectivity index (χ3n) is 4.01. The molecule has 5 heteroatoms. The molecule has 1 aromatic rings. The fourth-order valence-corrected chi connectivity index (χ4v) is 2.89. The van der Waals surface area contributed by atoms with Crippen LogP contribution in [0.5, 0.6) is 0 Å². The minimum absolute atomic E-state index is 0. The number of nitrogens with one attached hydrogen (secondary N) is 1. The number of nitrogens with zero attached hydrogens (tertiary/aromatic N) is 1. The van der Waals surface area contributed by atoms with Crippen LogP contribution in [0.4, 0.5) is 8.78 Å². The molecule has 0 unspecified atom stereocenters. The highest BCUT2D eigenvalue weighted by Crippen LogP contribution is 2.29. The van der Waals surface area contributed by atoms with Crippen molar-refractivity contribution in [3.05, 3.63) is 35.4 Å². The number of piperazine rings is 1. The first-order chi connectivity index (χ1) is 9.74. The molecule has 2 nitrogen and oxygen atoms in total. The maximum atomic E-state index is 14.1. The van der Waals surface area contributed by atoms with E-state index in [2.05, 4.69) is 17.1 Å². The van der Waals surface area contributed by atoms with Gasteiger partial charge in [-0.3, -0.25) is 4.90 Å². The van der Waals surface area contributed by atoms with Gasteiger partial charge >= 0.3 is 0 Å². The van der Waals surface area contributed by atoms with Crippen LogP contribution in [-0.2, 0) is 0 Å². The number of rotatable bonds is 6. The predicted molar refractivity (Wildman–Crippen MR) is 84.9 cm³/mol. The van der Waals surface area contributed by atoms with Crippen LogP contribution in [0, 0.1) is 11.6 Å². The van der Waals surface area contributed by atoms with Gasteiger partial charge in [-0.1, -0.05) is 38.3 Å². The standard InChI is InChI=1S/C16H24F2N2.ClH/c1-2-3-4-8-15(20-11-9-19-10-12-20)13-6-5-7-14(17)16(13)18;/h5-7,15,19H,2-4,8-12H2,1H3;1H/t15-;/m0./s1. The summed E-state index contributed by atoms with van der Waals surface area (Å²) in [5.74, 6) is -1.41. The lowest BCUT2D eigenvalue weighted by molar-refractivity contribution is 0.159. The van der Waals surface area contributed by atoms with Crippen molar-refractivity contribution >= 4 is 12.4 Å². The van der Waals surface area contributed by atoms with Gasteiger partial charge in [0.05, 0.1) is 0 Å². The largest absolute Gasteiger partial charge is 0.314 e. The van der Waals surface area contributed by atoms with Gasteiger partial charge in [0.25, 0.3) is 0 Å². The summed E-state index contributed by atoms with van der Waals surface area (Å²) in [5, 5.41) is 3.30. The second-order valence-electron chi connectivity index (χ2n) is 5.44. The molecule has 1 fully saturated rings. The SMILES string of the molecule is CCCCC[C@@H](c1cccc(F)c1F)N1CCNCC1.Cl. The average Bonchev–Trinajstić information content (AvgIpc) is 2.48. The van der Waals surface area contributed by atoms with E-state index in [9.17, 15) is 8.78 Å². The molecular formula is C16H25ClF2N2. The summed E-state index contributed by atoms with van der Waals surface area (Å²) in [6, 6.07) is 4.54. The molecule has 1 aliphatic heterocycles. The Bertz CT molecular complexity index is 423. The highest BCUT2D eigenvalue weighted by Gasteiger charge is 2.25. The smallest absolute Gasteiger partial charge is 0.163 e. The number of hydrogen-bond donors (Lipinski definition) is 1. The lowest BCUT2D eigenvalue weighted by atomic mass is 9.97. The quantitative estimate of drug-likeness (QED) is 0.800. The zero-order chi connectivity index (χ0) is 14.4. The average molecular weight is 319 g/mol. The third-order valence-corrected chi connectivity index (χ3v) is 4.01. The molecule has 0 aromatic heterocycles. The number of halogens is 3. The molecule has 0 spiro atoms. The van der Waals surface area contributed by atoms with E-state index >= 15 is 0 Å². The number of unbranched alkanes of at least 4 members (excludes halogenated alkanes) is 2. The van der Waals surface area contributed by atoms with Crippen LogP contribution in [0.3, 0.4) is 0 Å². The van der Waals surface area contributed by atoms with Crippen LogP contribution in [0.25, 0.3) is 0 Å². The zero-order valence-electron chi connectivity index (χ0n) is 12.6. The summed E-state index contributed by atoms with van der Waals surface area (Å²) < 4.78 is 27.6. The van der Waals surface area contributed by atoms with E-state index in [1.807, 2.05) is 0 Å². The zero-order valence-corrected chi connectivity index (χ0v) is 13.4. The van der Waals surface area contributed by atoms with Crippen molar-refractivity contribution in [2.24, 2.45) is 0 Å². The topological polar surface area (TPSA) is 15.3 Å². The van der Waals surface area contributed by atoms with Crippen LogP contribution in [0.15, 0.2) is 18.2 Å². The molecule has 0 amide bonds. The van der Waals surface area contributed by atoms with Crippen LogP contribution in [0.1, 0.15) is 44.2 Å². The molecule has 120 valence electrons. The number of hydrogen-bond acceptors (Lipinski definition) is 2. The first-order valence-corrected chi connectivity index (χ1v) is 7.62. The lowest BCUT2D eigenvalue weighted by Crippen LogP contribution is -2.45. The molecule has 1 aromatic carbocycles. The Labute approximate surface area is 132 Å². The molecule has 1 atom stereocenters. The van der Waals surface area contributed by atoms with Crippen molar-refractivity contribution in [1.29, 1.82) is 0 Å². The minimum atomic E-state index is -0.738.